The first-order chi connectivity index (χ1) is 23.4. The standard InChI is InChI=1S/C36H44F2N4O8/c1-35(2,3)30(41-34(47)50-36(4,5)6)32(44)42-19-22(16-27(42)31(43)40-26(33(45)46)18-29(37)38)49-28-17-24(20-11-9-8-10-12-20)39-25-15-21(48-7)13-14-23(25)28/h8-15,17,22,26-27,29-30H,16,18-19H2,1-7H3,(H,40,43)(H,41,47)(H,45,46)/t22-,26+,27?,30-/m1/s1. The molecular formula is C36H44F2N4O8. The van der Waals surface area contributed by atoms with Crippen molar-refractivity contribution in [2.75, 3.05) is 13.7 Å². The van der Waals surface area contributed by atoms with E-state index < -0.39 is 72.0 Å². The predicted octanol–water partition coefficient (Wildman–Crippen LogP) is 5.42. The summed E-state index contributed by atoms with van der Waals surface area (Å²) in [5, 5.41) is 15.0. The average molecular weight is 699 g/mol. The van der Waals surface area contributed by atoms with E-state index in [0.29, 0.717) is 28.1 Å². The van der Waals surface area contributed by atoms with E-state index in [4.69, 9.17) is 19.2 Å². The minimum absolute atomic E-state index is 0.109. The molecule has 4 atom stereocenters. The molecule has 1 fully saturated rings. The Morgan fingerprint density at radius 3 is 2.26 bits per heavy atom. The lowest BCUT2D eigenvalue weighted by atomic mass is 9.85. The first-order valence-corrected chi connectivity index (χ1v) is 16.2. The molecule has 3 amide bonds. The zero-order chi connectivity index (χ0) is 37.0. The maximum atomic E-state index is 14.3. The van der Waals surface area contributed by atoms with Gasteiger partial charge in [0.15, 0.2) is 0 Å². The number of nitrogens with zero attached hydrogens (tertiary/aromatic N) is 2. The van der Waals surface area contributed by atoms with Gasteiger partial charge in [-0.05, 0) is 38.3 Å². The third kappa shape index (κ3) is 9.57. The van der Waals surface area contributed by atoms with Crippen LogP contribution in [0, 0.1) is 5.41 Å². The van der Waals surface area contributed by atoms with Crippen LogP contribution in [-0.2, 0) is 19.1 Å². The minimum atomic E-state index is -3.01. The Morgan fingerprint density at radius 1 is 1.00 bits per heavy atom. The number of hydrogen-bond acceptors (Lipinski definition) is 8. The number of amides is 3. The third-order valence-corrected chi connectivity index (χ3v) is 7.99. The van der Waals surface area contributed by atoms with Crippen LogP contribution in [0.15, 0.2) is 54.6 Å². The summed E-state index contributed by atoms with van der Waals surface area (Å²) in [6.07, 6.45) is -5.90. The summed E-state index contributed by atoms with van der Waals surface area (Å²) in [7, 11) is 1.54. The van der Waals surface area contributed by atoms with E-state index in [2.05, 4.69) is 10.6 Å². The number of aliphatic carboxylic acids is 1. The maximum Gasteiger partial charge on any atom is 0.408 e. The van der Waals surface area contributed by atoms with E-state index in [1.807, 2.05) is 30.3 Å². The number of carboxylic acids is 1. The number of aromatic nitrogens is 1. The Bertz CT molecular complexity index is 1710. The number of methoxy groups -OCH3 is 1. The first kappa shape index (κ1) is 37.8. The van der Waals surface area contributed by atoms with Crippen molar-refractivity contribution < 1.29 is 47.3 Å². The molecule has 14 heteroatoms. The number of alkyl halides is 2. The van der Waals surface area contributed by atoms with Gasteiger partial charge in [0.05, 0.1) is 24.9 Å². The lowest BCUT2D eigenvalue weighted by Gasteiger charge is -2.35. The van der Waals surface area contributed by atoms with Crippen molar-refractivity contribution in [3.63, 3.8) is 0 Å². The zero-order valence-electron chi connectivity index (χ0n) is 29.2. The van der Waals surface area contributed by atoms with Gasteiger partial charge in [-0.25, -0.2) is 23.4 Å². The van der Waals surface area contributed by atoms with Gasteiger partial charge in [0.25, 0.3) is 0 Å². The molecule has 1 aliphatic heterocycles. The molecule has 0 bridgehead atoms. The second-order valence-electron chi connectivity index (χ2n) is 14.2. The highest BCUT2D eigenvalue weighted by Gasteiger charge is 2.47. The second-order valence-corrected chi connectivity index (χ2v) is 14.2. The molecule has 1 unspecified atom stereocenters. The Balaban J connectivity index is 1.73. The van der Waals surface area contributed by atoms with Crippen molar-refractivity contribution in [2.24, 2.45) is 5.41 Å². The molecule has 1 aromatic heterocycles. The lowest BCUT2D eigenvalue weighted by Crippen LogP contribution is -2.59. The van der Waals surface area contributed by atoms with Crippen LogP contribution < -0.4 is 20.1 Å². The second kappa shape index (κ2) is 15.3. The number of alkyl carbamates (subject to hydrolysis) is 1. The molecule has 2 aromatic carbocycles. The van der Waals surface area contributed by atoms with Crippen molar-refractivity contribution >= 4 is 34.8 Å². The van der Waals surface area contributed by atoms with Gasteiger partial charge in [-0.15, -0.1) is 0 Å². The van der Waals surface area contributed by atoms with Gasteiger partial charge in [-0.3, -0.25) is 9.59 Å². The number of hydrogen-bond donors (Lipinski definition) is 3. The molecule has 0 aliphatic carbocycles. The van der Waals surface area contributed by atoms with Gasteiger partial charge in [0, 0.05) is 35.9 Å². The number of fused-ring (bicyclic) bond motifs is 1. The number of benzene rings is 2. The molecular weight excluding hydrogens is 654 g/mol. The molecule has 4 rings (SSSR count). The number of rotatable bonds is 11. The Kier molecular flexibility index (Phi) is 11.5. The van der Waals surface area contributed by atoms with Crippen LogP contribution in [0.3, 0.4) is 0 Å². The first-order valence-electron chi connectivity index (χ1n) is 16.2. The molecule has 0 spiro atoms. The average Bonchev–Trinajstić information content (AvgIpc) is 3.45. The van der Waals surface area contributed by atoms with Gasteiger partial charge >= 0.3 is 12.1 Å². The van der Waals surface area contributed by atoms with Crippen LogP contribution in [-0.4, -0.2) is 88.8 Å². The van der Waals surface area contributed by atoms with Crippen molar-refractivity contribution in [1.29, 1.82) is 0 Å². The Morgan fingerprint density at radius 2 is 1.68 bits per heavy atom. The molecule has 12 nitrogen and oxygen atoms in total. The van der Waals surface area contributed by atoms with Crippen LogP contribution in [0.5, 0.6) is 11.5 Å². The summed E-state index contributed by atoms with van der Waals surface area (Å²) in [5.41, 5.74) is 0.219. The molecule has 1 saturated heterocycles. The molecule has 1 aliphatic rings. The highest BCUT2D eigenvalue weighted by atomic mass is 19.3. The summed E-state index contributed by atoms with van der Waals surface area (Å²) in [6.45, 7) is 10.0. The number of carbonyl (C=O) groups excluding carboxylic acids is 3. The highest BCUT2D eigenvalue weighted by molar-refractivity contribution is 5.94. The van der Waals surface area contributed by atoms with Crippen LogP contribution in [0.4, 0.5) is 13.6 Å². The normalized spacial score (nSPS) is 17.6. The van der Waals surface area contributed by atoms with Gasteiger partial charge in [-0.1, -0.05) is 51.1 Å². The van der Waals surface area contributed by atoms with Crippen LogP contribution in [0.25, 0.3) is 22.2 Å². The fourth-order valence-electron chi connectivity index (χ4n) is 5.62. The lowest BCUT2D eigenvalue weighted by molar-refractivity contribution is -0.146. The molecule has 2 heterocycles. The van der Waals surface area contributed by atoms with Crippen LogP contribution >= 0.6 is 0 Å². The van der Waals surface area contributed by atoms with E-state index in [1.54, 1.807) is 65.8 Å². The summed E-state index contributed by atoms with van der Waals surface area (Å²) >= 11 is 0. The summed E-state index contributed by atoms with van der Waals surface area (Å²) < 4.78 is 43.8. The number of nitrogens with one attached hydrogen (secondary N) is 2. The third-order valence-electron chi connectivity index (χ3n) is 7.99. The topological polar surface area (TPSA) is 156 Å². The van der Waals surface area contributed by atoms with Gasteiger partial charge in [0.2, 0.25) is 18.2 Å². The van der Waals surface area contributed by atoms with Crippen molar-refractivity contribution in [2.45, 2.75) is 90.6 Å². The number of halogens is 2. The SMILES string of the molecule is COc1ccc2c(O[C@@H]3CC(C(=O)N[C@@H](CC(F)F)C(=O)O)N(C(=O)[C@@H](NC(=O)OC(C)(C)C)C(C)(C)C)C3)cc(-c3ccccc3)nc2c1. The summed E-state index contributed by atoms with van der Waals surface area (Å²) in [6, 6.07) is 12.0. The van der Waals surface area contributed by atoms with Crippen LogP contribution in [0.1, 0.15) is 54.4 Å². The van der Waals surface area contributed by atoms with Gasteiger partial charge < -0.3 is 34.9 Å². The van der Waals surface area contributed by atoms with E-state index in [-0.39, 0.29) is 13.0 Å². The highest BCUT2D eigenvalue weighted by Crippen LogP contribution is 2.35. The van der Waals surface area contributed by atoms with Crippen LogP contribution in [0.2, 0.25) is 0 Å². The number of pyridine rings is 1. The molecule has 0 saturated carbocycles. The monoisotopic (exact) mass is 698 g/mol. The summed E-state index contributed by atoms with van der Waals surface area (Å²) in [4.78, 5) is 58.5. The zero-order valence-corrected chi connectivity index (χ0v) is 29.2. The Labute approximate surface area is 289 Å². The Hall–Kier alpha value is -5.01. The fraction of sp³-hybridized carbons (Fsp3) is 0.472. The predicted molar refractivity (Wildman–Crippen MR) is 181 cm³/mol. The minimum Gasteiger partial charge on any atom is -0.497 e. The van der Waals surface area contributed by atoms with Gasteiger partial charge in [0.1, 0.15) is 41.3 Å². The van der Waals surface area contributed by atoms with E-state index in [9.17, 15) is 33.1 Å². The van der Waals surface area contributed by atoms with Crippen molar-refractivity contribution in [3.05, 3.63) is 54.6 Å². The number of carbonyl (C=O) groups is 4. The quantitative estimate of drug-likeness (QED) is 0.238. The molecule has 3 N–H and O–H groups in total. The fourth-order valence-corrected chi connectivity index (χ4v) is 5.62. The molecule has 3 aromatic rings. The number of likely N-dealkylation sites (tertiary alicyclic amines) is 1. The largest absolute Gasteiger partial charge is 0.497 e. The summed E-state index contributed by atoms with van der Waals surface area (Å²) in [5.74, 6) is -2.29. The van der Waals surface area contributed by atoms with E-state index in [1.165, 1.54) is 12.0 Å². The van der Waals surface area contributed by atoms with E-state index >= 15 is 0 Å². The number of carboxylic acid groups (broad SMARTS) is 1. The molecule has 270 valence electrons. The van der Waals surface area contributed by atoms with E-state index in [0.717, 1.165) is 5.56 Å². The molecule has 0 radical (unpaired) electrons. The van der Waals surface area contributed by atoms with Crippen molar-refractivity contribution in [3.8, 4) is 22.8 Å². The van der Waals surface area contributed by atoms with Crippen molar-refractivity contribution in [1.82, 2.24) is 20.5 Å². The smallest absolute Gasteiger partial charge is 0.408 e. The number of ether oxygens (including phenoxy) is 3. The van der Waals surface area contributed by atoms with Gasteiger partial charge in [-0.2, -0.15) is 0 Å². The molecule has 50 heavy (non-hydrogen) atoms. The maximum absolute atomic E-state index is 14.3.